The first kappa shape index (κ1) is 10.3. The first-order valence-corrected chi connectivity index (χ1v) is 6.52. The van der Waals surface area contributed by atoms with Crippen molar-refractivity contribution in [3.63, 3.8) is 0 Å². The molecule has 0 saturated carbocycles. The summed E-state index contributed by atoms with van der Waals surface area (Å²) in [5.74, 6) is 0. The Morgan fingerprint density at radius 1 is 1.57 bits per heavy atom. The van der Waals surface area contributed by atoms with Gasteiger partial charge in [-0.2, -0.15) is 0 Å². The maximum Gasteiger partial charge on any atom is 0.128 e. The third kappa shape index (κ3) is 2.21. The van der Waals surface area contributed by atoms with Crippen LogP contribution in [0.2, 0.25) is 0 Å². The molecule has 14 heavy (non-hydrogen) atoms. The fourth-order valence-corrected chi connectivity index (χ4v) is 3.29. The van der Waals surface area contributed by atoms with E-state index in [0.29, 0.717) is 5.03 Å². The minimum absolute atomic E-state index is 0.219. The van der Waals surface area contributed by atoms with Gasteiger partial charge in [0.05, 0.1) is 16.0 Å². The van der Waals surface area contributed by atoms with Crippen LogP contribution in [0.1, 0.15) is 6.42 Å². The molecule has 1 aliphatic rings. The molecule has 0 amide bonds. The zero-order valence-corrected chi connectivity index (χ0v) is 9.97. The molecule has 76 valence electrons. The zero-order valence-electron chi connectivity index (χ0n) is 7.57. The van der Waals surface area contributed by atoms with Crippen molar-refractivity contribution >= 4 is 26.7 Å². The van der Waals surface area contributed by atoms with E-state index in [-0.39, 0.29) is 5.25 Å². The summed E-state index contributed by atoms with van der Waals surface area (Å²) in [5.41, 5.74) is 0. The minimum atomic E-state index is -0.973. The van der Waals surface area contributed by atoms with Gasteiger partial charge in [0.25, 0.3) is 0 Å². The van der Waals surface area contributed by atoms with Crippen molar-refractivity contribution in [2.24, 2.45) is 0 Å². The second kappa shape index (κ2) is 4.51. The summed E-state index contributed by atoms with van der Waals surface area (Å²) >= 11 is 3.28. The van der Waals surface area contributed by atoms with Crippen LogP contribution < -0.4 is 5.32 Å². The van der Waals surface area contributed by atoms with E-state index in [1.165, 1.54) is 0 Å². The second-order valence-corrected chi connectivity index (χ2v) is 5.70. The van der Waals surface area contributed by atoms with Gasteiger partial charge in [0.2, 0.25) is 0 Å². The van der Waals surface area contributed by atoms with Crippen LogP contribution >= 0.6 is 15.9 Å². The maximum absolute atomic E-state index is 12.0. The molecule has 1 aliphatic heterocycles. The van der Waals surface area contributed by atoms with E-state index >= 15 is 0 Å². The molecule has 1 N–H and O–H groups in total. The van der Waals surface area contributed by atoms with Crippen molar-refractivity contribution in [2.75, 3.05) is 13.1 Å². The summed E-state index contributed by atoms with van der Waals surface area (Å²) < 4.78 is 12.7. The highest BCUT2D eigenvalue weighted by Crippen LogP contribution is 2.16. The van der Waals surface area contributed by atoms with Gasteiger partial charge in [0, 0.05) is 6.54 Å². The van der Waals surface area contributed by atoms with E-state index in [2.05, 4.69) is 26.2 Å². The normalized spacial score (nSPS) is 23.6. The molecule has 2 rings (SSSR count). The molecule has 0 aliphatic carbocycles. The molecule has 0 unspecified atom stereocenters. The van der Waals surface area contributed by atoms with Crippen LogP contribution in [0.5, 0.6) is 0 Å². The molecular weight excluding hydrogens is 264 g/mol. The number of aromatic nitrogens is 1. The van der Waals surface area contributed by atoms with Gasteiger partial charge in [-0.1, -0.05) is 6.07 Å². The summed E-state index contributed by atoms with van der Waals surface area (Å²) in [6.07, 6.45) is 0.973. The second-order valence-electron chi connectivity index (χ2n) is 3.21. The highest BCUT2D eigenvalue weighted by Gasteiger charge is 2.23. The third-order valence-corrected chi connectivity index (χ3v) is 4.30. The largest absolute Gasteiger partial charge is 0.315 e. The Hall–Kier alpha value is -0.260. The molecule has 0 radical (unpaired) electrons. The Morgan fingerprint density at radius 3 is 3.07 bits per heavy atom. The highest BCUT2D eigenvalue weighted by atomic mass is 79.9. The summed E-state index contributed by atoms with van der Waals surface area (Å²) in [6.45, 7) is 1.80. The smallest absolute Gasteiger partial charge is 0.128 e. The number of nitrogens with one attached hydrogen (secondary N) is 1. The van der Waals surface area contributed by atoms with Gasteiger partial charge >= 0.3 is 0 Å². The lowest BCUT2D eigenvalue weighted by Crippen LogP contribution is -2.19. The summed E-state index contributed by atoms with van der Waals surface area (Å²) in [6, 6.07) is 5.53. The van der Waals surface area contributed by atoms with Crippen molar-refractivity contribution in [1.82, 2.24) is 10.3 Å². The van der Waals surface area contributed by atoms with Crippen LogP contribution in [0.25, 0.3) is 0 Å². The summed E-state index contributed by atoms with van der Waals surface area (Å²) in [7, 11) is -0.973. The predicted molar refractivity (Wildman–Crippen MR) is 59.6 cm³/mol. The Kier molecular flexibility index (Phi) is 3.30. The van der Waals surface area contributed by atoms with Gasteiger partial charge in [0.15, 0.2) is 0 Å². The monoisotopic (exact) mass is 274 g/mol. The fourth-order valence-electron chi connectivity index (χ4n) is 1.48. The number of hydrogen-bond donors (Lipinski definition) is 1. The topological polar surface area (TPSA) is 42.0 Å². The van der Waals surface area contributed by atoms with E-state index < -0.39 is 10.8 Å². The Bertz CT molecular complexity index is 352. The van der Waals surface area contributed by atoms with Crippen LogP contribution in [0, 0.1) is 0 Å². The van der Waals surface area contributed by atoms with Crippen molar-refractivity contribution in [3.05, 3.63) is 22.8 Å². The Labute approximate surface area is 93.9 Å². The lowest BCUT2D eigenvalue weighted by Gasteiger charge is -2.07. The first-order chi connectivity index (χ1) is 6.77. The fraction of sp³-hybridized carbons (Fsp3) is 0.444. The molecule has 0 spiro atoms. The SMILES string of the molecule is O=[S@@](c1cccc(Br)n1)[C@@H]1CCNC1. The lowest BCUT2D eigenvalue weighted by molar-refractivity contribution is 0.669. The van der Waals surface area contributed by atoms with Crippen molar-refractivity contribution in [2.45, 2.75) is 16.7 Å². The van der Waals surface area contributed by atoms with Crippen LogP contribution in [-0.2, 0) is 10.8 Å². The first-order valence-electron chi connectivity index (χ1n) is 4.51. The molecule has 1 saturated heterocycles. The highest BCUT2D eigenvalue weighted by molar-refractivity contribution is 9.10. The quantitative estimate of drug-likeness (QED) is 0.828. The van der Waals surface area contributed by atoms with Gasteiger partial charge in [-0.3, -0.25) is 4.21 Å². The molecule has 1 fully saturated rings. The van der Waals surface area contributed by atoms with Gasteiger partial charge in [-0.25, -0.2) is 4.98 Å². The van der Waals surface area contributed by atoms with Crippen molar-refractivity contribution in [3.8, 4) is 0 Å². The zero-order chi connectivity index (χ0) is 9.97. The molecule has 5 heteroatoms. The van der Waals surface area contributed by atoms with Crippen molar-refractivity contribution in [1.29, 1.82) is 0 Å². The summed E-state index contributed by atoms with van der Waals surface area (Å²) in [5, 5.41) is 4.10. The van der Waals surface area contributed by atoms with Crippen LogP contribution in [0.4, 0.5) is 0 Å². The maximum atomic E-state index is 12.0. The van der Waals surface area contributed by atoms with Crippen molar-refractivity contribution < 1.29 is 4.21 Å². The van der Waals surface area contributed by atoms with Crippen LogP contribution in [0.15, 0.2) is 27.8 Å². The molecule has 2 atom stereocenters. The van der Waals surface area contributed by atoms with E-state index in [4.69, 9.17) is 0 Å². The molecule has 1 aromatic heterocycles. The predicted octanol–water partition coefficient (Wildman–Crippen LogP) is 1.31. The van der Waals surface area contributed by atoms with Crippen LogP contribution in [-0.4, -0.2) is 27.5 Å². The molecular formula is C9H11BrN2OS. The number of pyridine rings is 1. The van der Waals surface area contributed by atoms with E-state index in [0.717, 1.165) is 24.1 Å². The number of rotatable bonds is 2. The Balaban J connectivity index is 2.17. The molecule has 3 nitrogen and oxygen atoms in total. The minimum Gasteiger partial charge on any atom is -0.315 e. The summed E-state index contributed by atoms with van der Waals surface area (Å²) in [4.78, 5) is 4.21. The average molecular weight is 275 g/mol. The van der Waals surface area contributed by atoms with E-state index in [1.807, 2.05) is 18.2 Å². The standard InChI is InChI=1S/C9H11BrN2OS/c10-8-2-1-3-9(12-8)14(13)7-4-5-11-6-7/h1-3,7,11H,4-6H2/t7-,14-/m1/s1. The molecule has 2 heterocycles. The number of hydrogen-bond acceptors (Lipinski definition) is 3. The van der Waals surface area contributed by atoms with Gasteiger partial charge in [-0.15, -0.1) is 0 Å². The van der Waals surface area contributed by atoms with Gasteiger partial charge < -0.3 is 5.32 Å². The Morgan fingerprint density at radius 2 is 2.43 bits per heavy atom. The lowest BCUT2D eigenvalue weighted by atomic mass is 10.4. The third-order valence-electron chi connectivity index (χ3n) is 2.21. The molecule has 1 aromatic rings. The number of halogens is 1. The van der Waals surface area contributed by atoms with Gasteiger partial charge in [-0.05, 0) is 41.0 Å². The van der Waals surface area contributed by atoms with E-state index in [1.54, 1.807) is 0 Å². The molecule has 0 bridgehead atoms. The van der Waals surface area contributed by atoms with Crippen LogP contribution in [0.3, 0.4) is 0 Å². The molecule has 0 aromatic carbocycles. The number of nitrogens with zero attached hydrogens (tertiary/aromatic N) is 1. The van der Waals surface area contributed by atoms with E-state index in [9.17, 15) is 4.21 Å². The van der Waals surface area contributed by atoms with Gasteiger partial charge in [0.1, 0.15) is 9.63 Å². The average Bonchev–Trinajstić information content (AvgIpc) is 2.69.